The molecule has 1 unspecified atom stereocenters. The molecule has 2 amide bonds. The number of nitrogens with one attached hydrogen (secondary N) is 2. The summed E-state index contributed by atoms with van der Waals surface area (Å²) in [4.78, 5) is 36.8. The lowest BCUT2D eigenvalue weighted by molar-refractivity contribution is -0.150. The number of ether oxygens (including phenoxy) is 1. The summed E-state index contributed by atoms with van der Waals surface area (Å²) in [6.45, 7) is 4.05. The number of rotatable bonds is 8. The van der Waals surface area contributed by atoms with Crippen LogP contribution >= 0.6 is 0 Å². The predicted molar refractivity (Wildman–Crippen MR) is 102 cm³/mol. The summed E-state index contributed by atoms with van der Waals surface area (Å²) in [5, 5.41) is 5.36. The Kier molecular flexibility index (Phi) is 7.55. The summed E-state index contributed by atoms with van der Waals surface area (Å²) in [5.41, 5.74) is 1.01. The molecule has 0 aliphatic heterocycles. The first kappa shape index (κ1) is 20.2. The van der Waals surface area contributed by atoms with Gasteiger partial charge in [-0.1, -0.05) is 62.4 Å². The van der Waals surface area contributed by atoms with Gasteiger partial charge in [0.1, 0.15) is 0 Å². The summed E-state index contributed by atoms with van der Waals surface area (Å²) in [5.74, 6) is -1.17. The first-order valence-electron chi connectivity index (χ1n) is 8.81. The fourth-order valence-corrected chi connectivity index (χ4v) is 2.32. The molecule has 2 N–H and O–H groups in total. The summed E-state index contributed by atoms with van der Waals surface area (Å²) < 4.78 is 5.12. The van der Waals surface area contributed by atoms with E-state index in [9.17, 15) is 14.4 Å². The van der Waals surface area contributed by atoms with Crippen molar-refractivity contribution in [2.45, 2.75) is 19.9 Å². The van der Waals surface area contributed by atoms with Gasteiger partial charge in [-0.3, -0.25) is 9.59 Å². The molecule has 1 atom stereocenters. The van der Waals surface area contributed by atoms with E-state index in [0.717, 1.165) is 0 Å². The van der Waals surface area contributed by atoms with Crippen molar-refractivity contribution in [3.63, 3.8) is 0 Å². The van der Waals surface area contributed by atoms with Gasteiger partial charge in [0.15, 0.2) is 12.6 Å². The van der Waals surface area contributed by atoms with Crippen LogP contribution in [0.4, 0.5) is 0 Å². The van der Waals surface area contributed by atoms with E-state index < -0.39 is 24.5 Å². The average molecular weight is 368 g/mol. The molecule has 142 valence electrons. The van der Waals surface area contributed by atoms with Crippen LogP contribution in [0.1, 0.15) is 35.8 Å². The number of hydrogen-bond acceptors (Lipinski definition) is 4. The molecule has 0 aliphatic rings. The molecule has 0 bridgehead atoms. The van der Waals surface area contributed by atoms with Crippen LogP contribution in [0.5, 0.6) is 0 Å². The van der Waals surface area contributed by atoms with Crippen LogP contribution < -0.4 is 10.6 Å². The van der Waals surface area contributed by atoms with E-state index in [1.54, 1.807) is 54.6 Å². The second kappa shape index (κ2) is 10.1. The molecule has 2 rings (SSSR count). The third kappa shape index (κ3) is 6.58. The minimum Gasteiger partial charge on any atom is -0.454 e. The minimum absolute atomic E-state index is 0.298. The Morgan fingerprint density at radius 3 is 2.11 bits per heavy atom. The fraction of sp³-hybridized carbons (Fsp3) is 0.286. The molecule has 0 fully saturated rings. The maximum atomic E-state index is 12.5. The molecule has 0 heterocycles. The van der Waals surface area contributed by atoms with Gasteiger partial charge in [0.25, 0.3) is 11.8 Å². The van der Waals surface area contributed by atoms with E-state index >= 15 is 0 Å². The molecular formula is C21H24N2O4. The molecule has 2 aromatic rings. The van der Waals surface area contributed by atoms with Crippen LogP contribution in [0.25, 0.3) is 0 Å². The molecule has 0 aromatic heterocycles. The molecule has 0 radical (unpaired) electrons. The quantitative estimate of drug-likeness (QED) is 0.701. The van der Waals surface area contributed by atoms with E-state index in [0.29, 0.717) is 23.6 Å². The topological polar surface area (TPSA) is 84.5 Å². The van der Waals surface area contributed by atoms with Crippen molar-refractivity contribution in [1.82, 2.24) is 10.6 Å². The highest BCUT2D eigenvalue weighted by Crippen LogP contribution is 2.15. The Morgan fingerprint density at radius 2 is 1.52 bits per heavy atom. The maximum absolute atomic E-state index is 12.5. The van der Waals surface area contributed by atoms with Gasteiger partial charge in [0.2, 0.25) is 0 Å². The lowest BCUT2D eigenvalue weighted by atomic mass is 10.1. The van der Waals surface area contributed by atoms with Crippen LogP contribution in [0.3, 0.4) is 0 Å². The zero-order valence-electron chi connectivity index (χ0n) is 15.5. The minimum atomic E-state index is -1.00. The lowest BCUT2D eigenvalue weighted by Crippen LogP contribution is -2.37. The number of esters is 1. The first-order chi connectivity index (χ1) is 13.0. The van der Waals surface area contributed by atoms with Crippen LogP contribution in [0.2, 0.25) is 0 Å². The highest BCUT2D eigenvalue weighted by atomic mass is 16.5. The van der Waals surface area contributed by atoms with Crippen molar-refractivity contribution in [2.75, 3.05) is 13.2 Å². The molecule has 6 nitrogen and oxygen atoms in total. The van der Waals surface area contributed by atoms with E-state index in [4.69, 9.17) is 4.74 Å². The second-order valence-corrected chi connectivity index (χ2v) is 6.49. The number of hydrogen-bond donors (Lipinski definition) is 2. The van der Waals surface area contributed by atoms with Gasteiger partial charge < -0.3 is 15.4 Å². The molecule has 0 saturated heterocycles. The first-order valence-corrected chi connectivity index (χ1v) is 8.81. The molecule has 0 spiro atoms. The smallest absolute Gasteiger partial charge is 0.333 e. The van der Waals surface area contributed by atoms with Gasteiger partial charge in [0.05, 0.1) is 0 Å². The Labute approximate surface area is 158 Å². The van der Waals surface area contributed by atoms with E-state index in [2.05, 4.69) is 10.6 Å². The molecule has 0 aliphatic carbocycles. The average Bonchev–Trinajstić information content (AvgIpc) is 2.69. The molecule has 6 heteroatoms. The lowest BCUT2D eigenvalue weighted by Gasteiger charge is -2.18. The van der Waals surface area contributed by atoms with Crippen molar-refractivity contribution in [1.29, 1.82) is 0 Å². The maximum Gasteiger partial charge on any atom is 0.333 e. The van der Waals surface area contributed by atoms with Crippen molar-refractivity contribution < 1.29 is 19.1 Å². The third-order valence-electron chi connectivity index (χ3n) is 3.73. The van der Waals surface area contributed by atoms with Crippen molar-refractivity contribution >= 4 is 17.8 Å². The van der Waals surface area contributed by atoms with Crippen LogP contribution in [0.15, 0.2) is 60.7 Å². The zero-order valence-corrected chi connectivity index (χ0v) is 15.5. The molecule has 0 saturated carbocycles. The number of carbonyl (C=O) groups excluding carboxylic acids is 3. The van der Waals surface area contributed by atoms with Crippen LogP contribution in [-0.2, 0) is 14.3 Å². The van der Waals surface area contributed by atoms with Gasteiger partial charge in [-0.2, -0.15) is 0 Å². The zero-order chi connectivity index (χ0) is 19.6. The van der Waals surface area contributed by atoms with Gasteiger partial charge in [0, 0.05) is 12.1 Å². The van der Waals surface area contributed by atoms with Gasteiger partial charge in [-0.05, 0) is 23.6 Å². The predicted octanol–water partition coefficient (Wildman–Crippen LogP) is 2.47. The monoisotopic (exact) mass is 368 g/mol. The fourth-order valence-electron chi connectivity index (χ4n) is 2.32. The largest absolute Gasteiger partial charge is 0.454 e. The Bertz CT molecular complexity index is 760. The number of amides is 2. The summed E-state index contributed by atoms with van der Waals surface area (Å²) in [7, 11) is 0. The normalized spacial score (nSPS) is 11.5. The molecular weight excluding hydrogens is 344 g/mol. The van der Waals surface area contributed by atoms with Crippen LogP contribution in [-0.4, -0.2) is 30.9 Å². The van der Waals surface area contributed by atoms with Crippen molar-refractivity contribution in [3.05, 3.63) is 71.8 Å². The number of carbonyl (C=O) groups is 3. The van der Waals surface area contributed by atoms with E-state index in [-0.39, 0.29) is 5.91 Å². The second-order valence-electron chi connectivity index (χ2n) is 6.49. The Morgan fingerprint density at radius 1 is 0.926 bits per heavy atom. The van der Waals surface area contributed by atoms with Crippen LogP contribution in [0, 0.1) is 5.92 Å². The SMILES string of the molecule is CC(C)CNC(=O)COC(=O)C(NC(=O)c1ccccc1)c1ccccc1. The molecule has 2 aromatic carbocycles. The van der Waals surface area contributed by atoms with Gasteiger partial charge in [-0.15, -0.1) is 0 Å². The highest BCUT2D eigenvalue weighted by molar-refractivity contribution is 5.97. The summed E-state index contributed by atoms with van der Waals surface area (Å²) >= 11 is 0. The highest BCUT2D eigenvalue weighted by Gasteiger charge is 2.25. The van der Waals surface area contributed by atoms with Crippen molar-refractivity contribution in [2.24, 2.45) is 5.92 Å². The van der Waals surface area contributed by atoms with E-state index in [1.165, 1.54) is 0 Å². The standard InChI is InChI=1S/C21H24N2O4/c1-15(2)13-22-18(24)14-27-21(26)19(16-9-5-3-6-10-16)23-20(25)17-11-7-4-8-12-17/h3-12,15,19H,13-14H2,1-2H3,(H,22,24)(H,23,25). The summed E-state index contributed by atoms with van der Waals surface area (Å²) in [6.07, 6.45) is 0. The number of benzene rings is 2. The Balaban J connectivity index is 2.05. The third-order valence-corrected chi connectivity index (χ3v) is 3.73. The van der Waals surface area contributed by atoms with Crippen molar-refractivity contribution in [3.8, 4) is 0 Å². The van der Waals surface area contributed by atoms with E-state index in [1.807, 2.05) is 19.9 Å². The molecule has 27 heavy (non-hydrogen) atoms. The summed E-state index contributed by atoms with van der Waals surface area (Å²) in [6, 6.07) is 16.4. The Hall–Kier alpha value is -3.15. The van der Waals surface area contributed by atoms with Gasteiger partial charge >= 0.3 is 5.97 Å². The van der Waals surface area contributed by atoms with Gasteiger partial charge in [-0.25, -0.2) is 4.79 Å².